The highest BCUT2D eigenvalue weighted by molar-refractivity contribution is 7.98. The number of nitrogens with zero attached hydrogens (tertiary/aromatic N) is 3. The summed E-state index contributed by atoms with van der Waals surface area (Å²) in [5.74, 6) is 1.12. The number of rotatable bonds is 3. The van der Waals surface area contributed by atoms with E-state index in [1.165, 1.54) is 21.7 Å². The Morgan fingerprint density at radius 2 is 1.79 bits per heavy atom. The summed E-state index contributed by atoms with van der Waals surface area (Å²) in [5, 5.41) is 8.61. The lowest BCUT2D eigenvalue weighted by molar-refractivity contribution is 0.596. The van der Waals surface area contributed by atoms with Crippen molar-refractivity contribution in [2.45, 2.75) is 24.4 Å². The number of hydrogen-bond donors (Lipinski definition) is 1. The van der Waals surface area contributed by atoms with Gasteiger partial charge < -0.3 is 9.88 Å². The van der Waals surface area contributed by atoms with Crippen LogP contribution in [0, 0.1) is 6.92 Å². The average molecular weight is 387 g/mol. The molecule has 0 spiro atoms. The Kier molecular flexibility index (Phi) is 4.34. The predicted octanol–water partition coefficient (Wildman–Crippen LogP) is 4.89. The van der Waals surface area contributed by atoms with Gasteiger partial charge >= 0.3 is 0 Å². The Morgan fingerprint density at radius 3 is 2.54 bits per heavy atom. The number of hydrogen-bond acceptors (Lipinski definition) is 3. The van der Waals surface area contributed by atoms with Crippen molar-refractivity contribution in [1.29, 1.82) is 0 Å². The van der Waals surface area contributed by atoms with Gasteiger partial charge in [-0.05, 0) is 55.1 Å². The van der Waals surface area contributed by atoms with Gasteiger partial charge in [0.25, 0.3) is 0 Å². The maximum absolute atomic E-state index is 4.86. The lowest BCUT2D eigenvalue weighted by Gasteiger charge is -2.19. The van der Waals surface area contributed by atoms with Gasteiger partial charge in [-0.25, -0.2) is 4.68 Å². The fourth-order valence-corrected chi connectivity index (χ4v) is 4.38. The standard InChI is InChI=1S/C23H22N4S/c1-16-20-15-24-22(17-10-12-19(28-2)13-11-17)21-9-6-14-26(21)23(20)27(25-16)18-7-4-3-5-8-18/h3-14,22,24H,15H2,1-2H3. The smallest absolute Gasteiger partial charge is 0.145 e. The summed E-state index contributed by atoms with van der Waals surface area (Å²) in [6, 6.07) is 23.7. The van der Waals surface area contributed by atoms with Crippen LogP contribution in [-0.2, 0) is 6.54 Å². The number of thioether (sulfide) groups is 1. The molecule has 1 unspecified atom stereocenters. The van der Waals surface area contributed by atoms with Gasteiger partial charge in [-0.2, -0.15) is 5.10 Å². The van der Waals surface area contributed by atoms with Gasteiger partial charge in [-0.3, -0.25) is 0 Å². The molecule has 2 aromatic carbocycles. The molecule has 0 fully saturated rings. The highest BCUT2D eigenvalue weighted by Crippen LogP contribution is 2.33. The molecule has 1 atom stereocenters. The van der Waals surface area contributed by atoms with Crippen molar-refractivity contribution in [2.75, 3.05) is 6.26 Å². The summed E-state index contributed by atoms with van der Waals surface area (Å²) in [7, 11) is 0. The summed E-state index contributed by atoms with van der Waals surface area (Å²) in [6.45, 7) is 2.88. The molecule has 0 bridgehead atoms. The van der Waals surface area contributed by atoms with Gasteiger partial charge in [-0.15, -0.1) is 11.8 Å². The van der Waals surface area contributed by atoms with E-state index in [1.54, 1.807) is 11.8 Å². The van der Waals surface area contributed by atoms with Crippen molar-refractivity contribution >= 4 is 11.8 Å². The molecular weight excluding hydrogens is 364 g/mol. The van der Waals surface area contributed by atoms with E-state index in [4.69, 9.17) is 5.10 Å². The third kappa shape index (κ3) is 2.79. The lowest BCUT2D eigenvalue weighted by atomic mass is 10.0. The second-order valence-corrected chi connectivity index (χ2v) is 7.90. The van der Waals surface area contributed by atoms with Crippen molar-refractivity contribution in [1.82, 2.24) is 19.7 Å². The lowest BCUT2D eigenvalue weighted by Crippen LogP contribution is -2.21. The summed E-state index contributed by atoms with van der Waals surface area (Å²) in [6.07, 6.45) is 4.25. The van der Waals surface area contributed by atoms with Crippen molar-refractivity contribution in [2.24, 2.45) is 0 Å². The molecule has 1 aliphatic heterocycles. The van der Waals surface area contributed by atoms with Crippen LogP contribution in [0.4, 0.5) is 0 Å². The first-order valence-electron chi connectivity index (χ1n) is 9.45. The highest BCUT2D eigenvalue weighted by Gasteiger charge is 2.27. The third-order valence-corrected chi connectivity index (χ3v) is 6.14. The van der Waals surface area contributed by atoms with Crippen LogP contribution in [0.3, 0.4) is 0 Å². The minimum atomic E-state index is 0.141. The SMILES string of the molecule is CSc1ccc(C2NCc3c(C)nn(-c4ccccc4)c3-n3cccc32)cc1. The maximum Gasteiger partial charge on any atom is 0.145 e. The fourth-order valence-electron chi connectivity index (χ4n) is 3.97. The van der Waals surface area contributed by atoms with Gasteiger partial charge in [0.1, 0.15) is 5.82 Å². The van der Waals surface area contributed by atoms with Crippen LogP contribution in [0.25, 0.3) is 11.5 Å². The van der Waals surface area contributed by atoms with E-state index in [0.717, 1.165) is 23.7 Å². The largest absolute Gasteiger partial charge is 0.303 e. The molecule has 5 rings (SSSR count). The molecule has 0 saturated carbocycles. The van der Waals surface area contributed by atoms with Gasteiger partial charge in [0.05, 0.1) is 17.4 Å². The van der Waals surface area contributed by atoms with Gasteiger partial charge in [0, 0.05) is 28.9 Å². The van der Waals surface area contributed by atoms with E-state index in [0.29, 0.717) is 0 Å². The molecule has 0 amide bonds. The van der Waals surface area contributed by atoms with Crippen LogP contribution in [-0.4, -0.2) is 20.6 Å². The monoisotopic (exact) mass is 386 g/mol. The summed E-state index contributed by atoms with van der Waals surface area (Å²) in [5.41, 5.74) is 5.88. The molecule has 4 aromatic rings. The van der Waals surface area contributed by atoms with Crippen LogP contribution >= 0.6 is 11.8 Å². The van der Waals surface area contributed by atoms with Crippen LogP contribution in [0.5, 0.6) is 0 Å². The first kappa shape index (κ1) is 17.3. The molecule has 4 nitrogen and oxygen atoms in total. The molecule has 0 aliphatic carbocycles. The average Bonchev–Trinajstić information content (AvgIpc) is 3.30. The number of fused-ring (bicyclic) bond motifs is 3. The Morgan fingerprint density at radius 1 is 1.00 bits per heavy atom. The van der Waals surface area contributed by atoms with E-state index in [-0.39, 0.29) is 6.04 Å². The van der Waals surface area contributed by atoms with Crippen LogP contribution in [0.15, 0.2) is 77.8 Å². The Hall–Kier alpha value is -2.76. The zero-order valence-corrected chi connectivity index (χ0v) is 16.8. The third-order valence-electron chi connectivity index (χ3n) is 5.39. The Bertz CT molecular complexity index is 1110. The normalized spacial score (nSPS) is 15.7. The van der Waals surface area contributed by atoms with E-state index in [2.05, 4.69) is 94.6 Å². The predicted molar refractivity (Wildman–Crippen MR) is 115 cm³/mol. The molecule has 3 heterocycles. The van der Waals surface area contributed by atoms with E-state index in [1.807, 2.05) is 6.07 Å². The molecule has 0 radical (unpaired) electrons. The van der Waals surface area contributed by atoms with Crippen molar-refractivity contribution in [3.05, 3.63) is 95.4 Å². The quantitative estimate of drug-likeness (QED) is 0.509. The minimum Gasteiger partial charge on any atom is -0.303 e. The summed E-state index contributed by atoms with van der Waals surface area (Å²) in [4.78, 5) is 1.28. The molecule has 140 valence electrons. The maximum atomic E-state index is 4.86. The first-order valence-corrected chi connectivity index (χ1v) is 10.7. The minimum absolute atomic E-state index is 0.141. The molecule has 1 N–H and O–H groups in total. The van der Waals surface area contributed by atoms with Crippen LogP contribution < -0.4 is 5.32 Å². The molecule has 0 saturated heterocycles. The molecule has 2 aromatic heterocycles. The first-order chi connectivity index (χ1) is 13.8. The molecule has 28 heavy (non-hydrogen) atoms. The van der Waals surface area contributed by atoms with Crippen LogP contribution in [0.1, 0.15) is 28.6 Å². The molecule has 1 aliphatic rings. The molecule has 5 heteroatoms. The number of aromatic nitrogens is 3. The van der Waals surface area contributed by atoms with Crippen molar-refractivity contribution in [3.63, 3.8) is 0 Å². The van der Waals surface area contributed by atoms with Gasteiger partial charge in [0.15, 0.2) is 0 Å². The second kappa shape index (κ2) is 7.00. The Labute approximate surface area is 169 Å². The zero-order valence-electron chi connectivity index (χ0n) is 16.0. The van der Waals surface area contributed by atoms with E-state index < -0.39 is 0 Å². The number of aryl methyl sites for hydroxylation is 1. The van der Waals surface area contributed by atoms with Gasteiger partial charge in [-0.1, -0.05) is 30.3 Å². The number of benzene rings is 2. The summed E-state index contributed by atoms with van der Waals surface area (Å²) < 4.78 is 4.35. The summed E-state index contributed by atoms with van der Waals surface area (Å²) >= 11 is 1.77. The van der Waals surface area contributed by atoms with Gasteiger partial charge in [0.2, 0.25) is 0 Å². The van der Waals surface area contributed by atoms with E-state index >= 15 is 0 Å². The van der Waals surface area contributed by atoms with Crippen molar-refractivity contribution in [3.8, 4) is 11.5 Å². The van der Waals surface area contributed by atoms with Crippen molar-refractivity contribution < 1.29 is 0 Å². The fraction of sp³-hybridized carbons (Fsp3) is 0.174. The van der Waals surface area contributed by atoms with Crippen LogP contribution in [0.2, 0.25) is 0 Å². The highest BCUT2D eigenvalue weighted by atomic mass is 32.2. The van der Waals surface area contributed by atoms with E-state index in [9.17, 15) is 0 Å². The number of para-hydroxylation sites is 1. The second-order valence-electron chi connectivity index (χ2n) is 7.03. The Balaban J connectivity index is 1.66. The molecular formula is C23H22N4S. The zero-order chi connectivity index (χ0) is 19.1. The topological polar surface area (TPSA) is 34.8 Å². The number of nitrogens with one attached hydrogen (secondary N) is 1.